The van der Waals surface area contributed by atoms with E-state index in [4.69, 9.17) is 4.74 Å². The summed E-state index contributed by atoms with van der Waals surface area (Å²) in [6, 6.07) is 16.0. The highest BCUT2D eigenvalue weighted by atomic mass is 127. The number of nitrogens with one attached hydrogen (secondary N) is 1. The van der Waals surface area contributed by atoms with Crippen LogP contribution in [0, 0.1) is 18.8 Å². The van der Waals surface area contributed by atoms with Gasteiger partial charge in [-0.2, -0.15) is 0 Å². The Balaban J connectivity index is 1.51. The molecule has 1 amide bonds. The lowest BCUT2D eigenvalue weighted by Gasteiger charge is -2.12. The van der Waals surface area contributed by atoms with Gasteiger partial charge in [-0.05, 0) is 111 Å². The second kappa shape index (κ2) is 10.3. The number of carbonyl (C=O) groups is 1. The van der Waals surface area contributed by atoms with Crippen molar-refractivity contribution in [2.75, 3.05) is 0 Å². The van der Waals surface area contributed by atoms with Crippen molar-refractivity contribution in [3.63, 3.8) is 0 Å². The number of amidine groups is 1. The lowest BCUT2D eigenvalue weighted by molar-refractivity contribution is -0.115. The molecular weight excluding hydrogens is 660 g/mol. The van der Waals surface area contributed by atoms with Gasteiger partial charge in [0.1, 0.15) is 24.0 Å². The van der Waals surface area contributed by atoms with Gasteiger partial charge < -0.3 is 10.1 Å². The predicted molar refractivity (Wildman–Crippen MR) is 140 cm³/mol. The Morgan fingerprint density at radius 2 is 1.72 bits per heavy atom. The number of rotatable bonds is 5. The Bertz CT molecular complexity index is 1220. The molecule has 0 bridgehead atoms. The zero-order valence-corrected chi connectivity index (χ0v) is 21.4. The molecule has 0 radical (unpaired) electrons. The average Bonchev–Trinajstić information content (AvgIpc) is 3.09. The Kier molecular flexibility index (Phi) is 7.46. The van der Waals surface area contributed by atoms with E-state index in [2.05, 4.69) is 55.5 Å². The minimum absolute atomic E-state index is 0.126. The average molecular weight is 674 g/mol. The number of hydrogen-bond acceptors (Lipinski definition) is 4. The van der Waals surface area contributed by atoms with Gasteiger partial charge in [-0.1, -0.05) is 18.2 Å². The van der Waals surface area contributed by atoms with E-state index >= 15 is 0 Å². The van der Waals surface area contributed by atoms with Gasteiger partial charge in [0.15, 0.2) is 5.17 Å². The van der Waals surface area contributed by atoms with Crippen LogP contribution in [0.25, 0.3) is 6.08 Å². The Labute approximate surface area is 214 Å². The third kappa shape index (κ3) is 5.67. The molecule has 1 aliphatic rings. The van der Waals surface area contributed by atoms with Crippen molar-refractivity contribution in [2.24, 2.45) is 4.99 Å². The minimum atomic E-state index is -0.344. The topological polar surface area (TPSA) is 50.7 Å². The van der Waals surface area contributed by atoms with E-state index in [0.29, 0.717) is 27.1 Å². The summed E-state index contributed by atoms with van der Waals surface area (Å²) in [5, 5.41) is 3.15. The number of thioether (sulfide) groups is 1. The monoisotopic (exact) mass is 674 g/mol. The van der Waals surface area contributed by atoms with E-state index in [1.807, 2.05) is 12.1 Å². The molecule has 32 heavy (non-hydrogen) atoms. The first-order valence-electron chi connectivity index (χ1n) is 9.29. The summed E-state index contributed by atoms with van der Waals surface area (Å²) in [5.74, 6) is -0.233. The SMILES string of the molecule is O=C1NC(=Nc2ccc(F)cc2)SC1=Cc1cc(I)c(OCc2ccccc2F)c(I)c1. The van der Waals surface area contributed by atoms with Crippen molar-refractivity contribution in [1.82, 2.24) is 5.32 Å². The van der Waals surface area contributed by atoms with Gasteiger partial charge in [-0.3, -0.25) is 4.79 Å². The summed E-state index contributed by atoms with van der Waals surface area (Å²) in [6.07, 6.45) is 1.78. The van der Waals surface area contributed by atoms with Crippen molar-refractivity contribution in [3.8, 4) is 5.75 Å². The minimum Gasteiger partial charge on any atom is -0.487 e. The maximum absolute atomic E-state index is 13.9. The first-order chi connectivity index (χ1) is 15.4. The third-order valence-corrected chi connectivity index (χ3v) is 6.87. The summed E-state index contributed by atoms with van der Waals surface area (Å²) in [6.45, 7) is 0.126. The van der Waals surface area contributed by atoms with Crippen LogP contribution in [0.1, 0.15) is 11.1 Å². The lowest BCUT2D eigenvalue weighted by Crippen LogP contribution is -2.19. The van der Waals surface area contributed by atoms with Gasteiger partial charge in [-0.15, -0.1) is 0 Å². The zero-order valence-electron chi connectivity index (χ0n) is 16.2. The Hall–Kier alpha value is -1.99. The number of ether oxygens (including phenoxy) is 1. The molecular formula is C23H14F2I2N2O2S. The molecule has 0 spiro atoms. The number of nitrogens with zero attached hydrogens (tertiary/aromatic N) is 1. The molecule has 4 nitrogen and oxygen atoms in total. The molecule has 0 unspecified atom stereocenters. The molecule has 4 rings (SSSR count). The van der Waals surface area contributed by atoms with Crippen LogP contribution in [0.5, 0.6) is 5.75 Å². The number of aliphatic imine (C=N–C) groups is 1. The van der Waals surface area contributed by atoms with Crippen molar-refractivity contribution in [2.45, 2.75) is 6.61 Å². The number of carbonyl (C=O) groups excluding carboxylic acids is 1. The largest absolute Gasteiger partial charge is 0.487 e. The van der Waals surface area contributed by atoms with Crippen LogP contribution in [-0.2, 0) is 11.4 Å². The Morgan fingerprint density at radius 3 is 2.41 bits per heavy atom. The highest BCUT2D eigenvalue weighted by Gasteiger charge is 2.24. The fraction of sp³-hybridized carbons (Fsp3) is 0.0435. The maximum Gasteiger partial charge on any atom is 0.264 e. The van der Waals surface area contributed by atoms with Crippen molar-refractivity contribution < 1.29 is 18.3 Å². The van der Waals surface area contributed by atoms with Crippen LogP contribution >= 0.6 is 56.9 Å². The molecule has 3 aromatic rings. The highest BCUT2D eigenvalue weighted by Crippen LogP contribution is 2.33. The number of amides is 1. The fourth-order valence-electron chi connectivity index (χ4n) is 2.83. The molecule has 1 N–H and O–H groups in total. The van der Waals surface area contributed by atoms with E-state index in [9.17, 15) is 13.6 Å². The second-order valence-corrected chi connectivity index (χ2v) is 10.0. The van der Waals surface area contributed by atoms with Crippen LogP contribution in [0.2, 0.25) is 0 Å². The third-order valence-electron chi connectivity index (χ3n) is 4.36. The second-order valence-electron chi connectivity index (χ2n) is 6.65. The molecule has 0 saturated carbocycles. The van der Waals surface area contributed by atoms with Crippen molar-refractivity contribution in [1.29, 1.82) is 0 Å². The van der Waals surface area contributed by atoms with Gasteiger partial charge >= 0.3 is 0 Å². The summed E-state index contributed by atoms with van der Waals surface area (Å²) in [7, 11) is 0. The van der Waals surface area contributed by atoms with E-state index in [0.717, 1.165) is 12.7 Å². The molecule has 3 aromatic carbocycles. The first kappa shape index (κ1) is 23.2. The molecule has 0 aromatic heterocycles. The molecule has 1 heterocycles. The van der Waals surface area contributed by atoms with Gasteiger partial charge in [0.25, 0.3) is 5.91 Å². The Morgan fingerprint density at radius 1 is 1.03 bits per heavy atom. The lowest BCUT2D eigenvalue weighted by atomic mass is 10.2. The van der Waals surface area contributed by atoms with Gasteiger partial charge in [0, 0.05) is 5.56 Å². The van der Waals surface area contributed by atoms with Crippen LogP contribution in [0.4, 0.5) is 14.5 Å². The zero-order chi connectivity index (χ0) is 22.7. The molecule has 0 aliphatic carbocycles. The molecule has 1 aliphatic heterocycles. The highest BCUT2D eigenvalue weighted by molar-refractivity contribution is 14.1. The predicted octanol–water partition coefficient (Wildman–Crippen LogP) is 6.64. The van der Waals surface area contributed by atoms with Crippen LogP contribution in [-0.4, -0.2) is 11.1 Å². The number of halogens is 4. The molecule has 1 fully saturated rings. The quantitative estimate of drug-likeness (QED) is 0.244. The standard InChI is InChI=1S/C23H14F2I2N2O2S/c24-15-5-7-16(8-6-15)28-23-29-22(30)20(32-23)11-13-9-18(26)21(19(27)10-13)31-12-14-3-1-2-4-17(14)25/h1-11H,12H2,(H,28,29,30). The molecule has 0 atom stereocenters. The number of hydrogen-bond donors (Lipinski definition) is 1. The first-order valence-corrected chi connectivity index (χ1v) is 12.3. The maximum atomic E-state index is 13.9. The summed E-state index contributed by atoms with van der Waals surface area (Å²) in [4.78, 5) is 17.2. The van der Waals surface area contributed by atoms with Gasteiger partial charge in [0.2, 0.25) is 0 Å². The van der Waals surface area contributed by atoms with Gasteiger partial charge in [0.05, 0.1) is 17.7 Å². The van der Waals surface area contributed by atoms with Crippen LogP contribution < -0.4 is 10.1 Å². The fourth-order valence-corrected chi connectivity index (χ4v) is 5.80. The van der Waals surface area contributed by atoms with Crippen LogP contribution in [0.15, 0.2) is 70.6 Å². The smallest absolute Gasteiger partial charge is 0.264 e. The van der Waals surface area contributed by atoms with Crippen LogP contribution in [0.3, 0.4) is 0 Å². The molecule has 9 heteroatoms. The van der Waals surface area contributed by atoms with E-state index in [1.165, 1.54) is 30.0 Å². The summed E-state index contributed by atoms with van der Waals surface area (Å²) < 4.78 is 34.5. The van der Waals surface area contributed by atoms with Crippen molar-refractivity contribution >= 4 is 79.8 Å². The summed E-state index contributed by atoms with van der Waals surface area (Å²) in [5.41, 5.74) is 1.87. The molecule has 1 saturated heterocycles. The van der Waals surface area contributed by atoms with E-state index < -0.39 is 0 Å². The molecule has 162 valence electrons. The van der Waals surface area contributed by atoms with E-state index in [1.54, 1.807) is 36.4 Å². The normalized spacial score (nSPS) is 15.9. The number of benzene rings is 3. The van der Waals surface area contributed by atoms with E-state index in [-0.39, 0.29) is 24.1 Å². The van der Waals surface area contributed by atoms with Gasteiger partial charge in [-0.25, -0.2) is 13.8 Å². The van der Waals surface area contributed by atoms with Crippen molar-refractivity contribution in [3.05, 3.63) is 95.5 Å². The summed E-state index contributed by atoms with van der Waals surface area (Å²) >= 11 is 5.54.